The van der Waals surface area contributed by atoms with Gasteiger partial charge in [0, 0.05) is 17.3 Å². The lowest BCUT2D eigenvalue weighted by molar-refractivity contribution is 0.0799. The molecule has 0 atom stereocenters. The number of nitrogens with zero attached hydrogens (tertiary/aromatic N) is 3. The van der Waals surface area contributed by atoms with Crippen LogP contribution in [0.15, 0.2) is 28.5 Å². The second-order valence-corrected chi connectivity index (χ2v) is 8.41. The summed E-state index contributed by atoms with van der Waals surface area (Å²) in [5, 5.41) is 5.34. The maximum Gasteiger partial charge on any atom is 0.263 e. The number of amides is 1. The van der Waals surface area contributed by atoms with Crippen molar-refractivity contribution in [2.75, 3.05) is 22.9 Å². The number of hydrogen-bond acceptors (Lipinski definition) is 7. The molecule has 2 heterocycles. The number of carbonyl (C=O) groups is 1. The lowest BCUT2D eigenvalue weighted by atomic mass is 10.2. The number of carbonyl (C=O) groups excluding carboxylic acids is 1. The second-order valence-electron chi connectivity index (χ2n) is 4.64. The fourth-order valence-corrected chi connectivity index (χ4v) is 4.90. The third-order valence-corrected chi connectivity index (χ3v) is 6.20. The van der Waals surface area contributed by atoms with Gasteiger partial charge in [0.1, 0.15) is 4.90 Å². The molecule has 2 aromatic rings. The van der Waals surface area contributed by atoms with Crippen LogP contribution in [0.2, 0.25) is 5.02 Å². The normalized spacial score (nSPS) is 14.9. The number of sulfonamides is 1. The molecular formula is C12H11ClN4O3S3. The van der Waals surface area contributed by atoms with Crippen LogP contribution in [0.25, 0.3) is 0 Å². The first-order valence-electron chi connectivity index (χ1n) is 6.44. The number of rotatable bonds is 4. The van der Waals surface area contributed by atoms with Crippen molar-refractivity contribution in [3.8, 4) is 0 Å². The van der Waals surface area contributed by atoms with Gasteiger partial charge in [0.15, 0.2) is 5.82 Å². The molecule has 1 aromatic heterocycles. The van der Waals surface area contributed by atoms with Gasteiger partial charge < -0.3 is 4.90 Å². The van der Waals surface area contributed by atoms with Gasteiger partial charge >= 0.3 is 0 Å². The van der Waals surface area contributed by atoms with Gasteiger partial charge in [0.2, 0.25) is 0 Å². The lowest BCUT2D eigenvalue weighted by Gasteiger charge is -2.17. The van der Waals surface area contributed by atoms with Crippen molar-refractivity contribution in [1.29, 1.82) is 0 Å². The molecule has 0 spiro atoms. The fourth-order valence-electron chi connectivity index (χ4n) is 2.04. The van der Waals surface area contributed by atoms with Crippen molar-refractivity contribution < 1.29 is 13.2 Å². The first-order valence-corrected chi connectivity index (χ1v) is 10.3. The molecular weight excluding hydrogens is 380 g/mol. The van der Waals surface area contributed by atoms with E-state index in [2.05, 4.69) is 14.3 Å². The van der Waals surface area contributed by atoms with Gasteiger partial charge in [0.05, 0.1) is 16.8 Å². The average molecular weight is 391 g/mol. The summed E-state index contributed by atoms with van der Waals surface area (Å²) in [7, 11) is -4.00. The van der Waals surface area contributed by atoms with Crippen LogP contribution in [0.5, 0.6) is 0 Å². The van der Waals surface area contributed by atoms with E-state index in [0.29, 0.717) is 12.4 Å². The number of nitrogens with one attached hydrogen (secondary N) is 1. The Morgan fingerprint density at radius 2 is 2.22 bits per heavy atom. The molecule has 0 saturated carbocycles. The van der Waals surface area contributed by atoms with Crippen LogP contribution in [-0.2, 0) is 10.0 Å². The maximum absolute atomic E-state index is 12.6. The molecule has 7 nitrogen and oxygen atoms in total. The van der Waals surface area contributed by atoms with Gasteiger partial charge in [-0.1, -0.05) is 16.1 Å². The summed E-state index contributed by atoms with van der Waals surface area (Å²) < 4.78 is 31.1. The number of halogens is 1. The number of anilines is 1. The predicted molar refractivity (Wildman–Crippen MR) is 90.5 cm³/mol. The van der Waals surface area contributed by atoms with E-state index in [9.17, 15) is 13.2 Å². The predicted octanol–water partition coefficient (Wildman–Crippen LogP) is 2.14. The van der Waals surface area contributed by atoms with E-state index >= 15 is 0 Å². The van der Waals surface area contributed by atoms with Crippen molar-refractivity contribution in [2.45, 2.75) is 4.90 Å². The summed E-state index contributed by atoms with van der Waals surface area (Å²) in [6.07, 6.45) is 0. The molecule has 1 aliphatic rings. The van der Waals surface area contributed by atoms with Gasteiger partial charge in [-0.25, -0.2) is 8.42 Å². The largest absolute Gasteiger partial charge is 0.329 e. The minimum absolute atomic E-state index is 0.0904. The van der Waals surface area contributed by atoms with E-state index in [-0.39, 0.29) is 27.2 Å². The first-order chi connectivity index (χ1) is 11.0. The molecule has 1 fully saturated rings. The number of hydrogen-bond donors (Lipinski definition) is 1. The number of aromatic nitrogens is 2. The van der Waals surface area contributed by atoms with E-state index in [1.165, 1.54) is 23.6 Å². The third-order valence-electron chi connectivity index (χ3n) is 3.10. The van der Waals surface area contributed by atoms with Gasteiger partial charge in [-0.05, 0) is 29.7 Å². The molecule has 3 rings (SSSR count). The SMILES string of the molecule is O=C(c1ccc(Cl)cc1S(=O)(=O)Nc1csnn1)N1CCSC1. The summed E-state index contributed by atoms with van der Waals surface area (Å²) in [4.78, 5) is 14.0. The molecule has 1 saturated heterocycles. The molecule has 1 N–H and O–H groups in total. The van der Waals surface area contributed by atoms with Gasteiger partial charge in [-0.3, -0.25) is 9.52 Å². The van der Waals surface area contributed by atoms with Crippen molar-refractivity contribution in [2.24, 2.45) is 0 Å². The van der Waals surface area contributed by atoms with Crippen LogP contribution in [-0.4, -0.2) is 47.0 Å². The first kappa shape index (κ1) is 16.5. The van der Waals surface area contributed by atoms with Crippen LogP contribution in [0, 0.1) is 0 Å². The molecule has 23 heavy (non-hydrogen) atoms. The Morgan fingerprint density at radius 1 is 1.39 bits per heavy atom. The highest BCUT2D eigenvalue weighted by molar-refractivity contribution is 7.99. The Kier molecular flexibility index (Phi) is 4.76. The quantitative estimate of drug-likeness (QED) is 0.859. The zero-order chi connectivity index (χ0) is 16.4. The topological polar surface area (TPSA) is 92.3 Å². The second kappa shape index (κ2) is 6.63. The lowest BCUT2D eigenvalue weighted by Crippen LogP contribution is -2.30. The van der Waals surface area contributed by atoms with Crippen LogP contribution in [0.3, 0.4) is 0 Å². The maximum atomic E-state index is 12.6. The highest BCUT2D eigenvalue weighted by Crippen LogP contribution is 2.26. The average Bonchev–Trinajstić information content (AvgIpc) is 3.19. The van der Waals surface area contributed by atoms with E-state index in [1.54, 1.807) is 16.7 Å². The van der Waals surface area contributed by atoms with Crippen molar-refractivity contribution >= 4 is 56.6 Å². The number of benzene rings is 1. The summed E-state index contributed by atoms with van der Waals surface area (Å²) in [6, 6.07) is 4.20. The summed E-state index contributed by atoms with van der Waals surface area (Å²) in [6.45, 7) is 0.592. The van der Waals surface area contributed by atoms with Gasteiger partial charge in [-0.2, -0.15) is 0 Å². The van der Waals surface area contributed by atoms with Crippen molar-refractivity contribution in [3.63, 3.8) is 0 Å². The van der Waals surface area contributed by atoms with E-state index in [1.807, 2.05) is 0 Å². The van der Waals surface area contributed by atoms with Crippen molar-refractivity contribution in [1.82, 2.24) is 14.5 Å². The highest BCUT2D eigenvalue weighted by Gasteiger charge is 2.28. The van der Waals surface area contributed by atoms with E-state index < -0.39 is 10.0 Å². The van der Waals surface area contributed by atoms with E-state index in [4.69, 9.17) is 11.6 Å². The minimum atomic E-state index is -4.00. The molecule has 122 valence electrons. The third kappa shape index (κ3) is 3.60. The Balaban J connectivity index is 2.00. The Bertz CT molecular complexity index is 820. The fraction of sp³-hybridized carbons (Fsp3) is 0.250. The van der Waals surface area contributed by atoms with Crippen LogP contribution < -0.4 is 4.72 Å². The molecule has 0 unspecified atom stereocenters. The van der Waals surface area contributed by atoms with Crippen LogP contribution in [0.4, 0.5) is 5.82 Å². The smallest absolute Gasteiger partial charge is 0.263 e. The molecule has 11 heteroatoms. The Hall–Kier alpha value is -1.36. The molecule has 0 aliphatic carbocycles. The summed E-state index contributed by atoms with van der Waals surface area (Å²) >= 11 is 8.56. The molecule has 0 radical (unpaired) electrons. The van der Waals surface area contributed by atoms with Crippen LogP contribution >= 0.6 is 34.9 Å². The number of thioether (sulfide) groups is 1. The Labute approximate surface area is 146 Å². The zero-order valence-corrected chi connectivity index (χ0v) is 14.8. The summed E-state index contributed by atoms with van der Waals surface area (Å²) in [5.74, 6) is 1.16. The Morgan fingerprint density at radius 3 is 2.87 bits per heavy atom. The monoisotopic (exact) mass is 390 g/mol. The molecule has 1 amide bonds. The van der Waals surface area contributed by atoms with Gasteiger partial charge in [-0.15, -0.1) is 16.9 Å². The minimum Gasteiger partial charge on any atom is -0.329 e. The standard InChI is InChI=1S/C12H11ClN4O3S3/c13-8-1-2-9(12(18)17-3-4-21-7-17)10(5-8)23(19,20)15-11-6-22-16-14-11/h1-2,5-6,15H,3-4,7H2. The molecule has 0 bridgehead atoms. The van der Waals surface area contributed by atoms with Crippen molar-refractivity contribution in [3.05, 3.63) is 34.2 Å². The molecule has 1 aromatic carbocycles. The summed E-state index contributed by atoms with van der Waals surface area (Å²) in [5.41, 5.74) is 0.0904. The highest BCUT2D eigenvalue weighted by atomic mass is 35.5. The van der Waals surface area contributed by atoms with Crippen LogP contribution in [0.1, 0.15) is 10.4 Å². The zero-order valence-electron chi connectivity index (χ0n) is 11.6. The molecule has 1 aliphatic heterocycles. The van der Waals surface area contributed by atoms with E-state index in [0.717, 1.165) is 17.3 Å². The van der Waals surface area contributed by atoms with Gasteiger partial charge in [0.25, 0.3) is 15.9 Å².